The van der Waals surface area contributed by atoms with Gasteiger partial charge in [0.1, 0.15) is 18.1 Å². The predicted octanol–water partition coefficient (Wildman–Crippen LogP) is 3.81. The minimum atomic E-state index is -1.09. The smallest absolute Gasteiger partial charge is 0.259 e. The van der Waals surface area contributed by atoms with Gasteiger partial charge in [-0.2, -0.15) is 4.98 Å². The first-order chi connectivity index (χ1) is 19.6. The molecule has 10 nitrogen and oxygen atoms in total. The second-order valence-electron chi connectivity index (χ2n) is 9.63. The van der Waals surface area contributed by atoms with Crippen molar-refractivity contribution in [2.45, 2.75) is 24.9 Å². The molecule has 2 aliphatic rings. The van der Waals surface area contributed by atoms with Crippen molar-refractivity contribution in [3.8, 4) is 23.0 Å². The van der Waals surface area contributed by atoms with Crippen molar-refractivity contribution in [1.29, 1.82) is 0 Å². The Bertz CT molecular complexity index is 1530. The number of aliphatic hydroxyl groups is 1. The van der Waals surface area contributed by atoms with E-state index in [1.165, 1.54) is 0 Å². The molecule has 0 saturated carbocycles. The number of hydrogen-bond acceptors (Lipinski definition) is 9. The summed E-state index contributed by atoms with van der Waals surface area (Å²) < 4.78 is 22.3. The summed E-state index contributed by atoms with van der Waals surface area (Å²) in [6.45, 7) is 0.768. The number of benzene rings is 3. The molecule has 2 aliphatic heterocycles. The minimum Gasteiger partial charge on any atom is -0.497 e. The fourth-order valence-electron chi connectivity index (χ4n) is 4.89. The van der Waals surface area contributed by atoms with Gasteiger partial charge in [0.25, 0.3) is 11.8 Å². The van der Waals surface area contributed by atoms with Gasteiger partial charge in [-0.3, -0.25) is 4.79 Å². The number of amides is 1. The molecule has 40 heavy (non-hydrogen) atoms. The van der Waals surface area contributed by atoms with Gasteiger partial charge in [0.05, 0.1) is 20.3 Å². The SMILES string of the molecule is COc1ccc(-c2nc(CN3C(=O)[C@@]4(COC(c5ccc(OCCCO)cc5)=N4)Cc4ccccc43)no2)cc1. The van der Waals surface area contributed by atoms with Crippen molar-refractivity contribution in [3.05, 3.63) is 89.7 Å². The van der Waals surface area contributed by atoms with Crippen molar-refractivity contribution in [3.63, 3.8) is 0 Å². The largest absolute Gasteiger partial charge is 0.497 e. The summed E-state index contributed by atoms with van der Waals surface area (Å²) in [6, 6.07) is 22.4. The number of anilines is 1. The minimum absolute atomic E-state index is 0.0789. The zero-order valence-corrected chi connectivity index (χ0v) is 21.9. The predicted molar refractivity (Wildman–Crippen MR) is 146 cm³/mol. The quantitative estimate of drug-likeness (QED) is 0.318. The van der Waals surface area contributed by atoms with Crippen LogP contribution in [0.3, 0.4) is 0 Å². The average Bonchev–Trinajstić information content (AvgIpc) is 3.64. The zero-order chi connectivity index (χ0) is 27.5. The third kappa shape index (κ3) is 4.89. The van der Waals surface area contributed by atoms with Gasteiger partial charge in [0, 0.05) is 36.3 Å². The molecule has 10 heteroatoms. The van der Waals surface area contributed by atoms with E-state index in [0.717, 1.165) is 28.1 Å². The molecule has 0 aliphatic carbocycles. The van der Waals surface area contributed by atoms with E-state index in [0.29, 0.717) is 42.8 Å². The van der Waals surface area contributed by atoms with E-state index in [9.17, 15) is 4.79 Å². The van der Waals surface area contributed by atoms with Gasteiger partial charge < -0.3 is 28.7 Å². The lowest BCUT2D eigenvalue weighted by molar-refractivity contribution is -0.124. The van der Waals surface area contributed by atoms with E-state index in [2.05, 4.69) is 10.1 Å². The average molecular weight is 541 g/mol. The van der Waals surface area contributed by atoms with Gasteiger partial charge in [-0.1, -0.05) is 23.4 Å². The molecule has 0 radical (unpaired) electrons. The van der Waals surface area contributed by atoms with E-state index in [-0.39, 0.29) is 25.7 Å². The molecule has 204 valence electrons. The molecule has 4 aromatic rings. The van der Waals surface area contributed by atoms with Crippen molar-refractivity contribution in [2.75, 3.05) is 31.8 Å². The monoisotopic (exact) mass is 540 g/mol. The number of fused-ring (bicyclic) bond motifs is 1. The van der Waals surface area contributed by atoms with Crippen molar-refractivity contribution < 1.29 is 28.6 Å². The number of para-hydroxylation sites is 1. The summed E-state index contributed by atoms with van der Waals surface area (Å²) in [4.78, 5) is 25.1. The molecular weight excluding hydrogens is 512 g/mol. The Morgan fingerprint density at radius 3 is 2.52 bits per heavy atom. The standard InChI is InChI=1S/C30H28N4O6/c1-37-23-11-7-20(8-12-23)27-31-26(33-40-27)18-34-25-6-3-2-5-22(25)17-30(29(34)36)19-39-28(32-30)21-9-13-24(14-10-21)38-16-4-15-35/h2-3,5-14,35H,4,15-19H2,1H3/t30-/m0/s1. The van der Waals surface area contributed by atoms with Crippen LogP contribution >= 0.6 is 0 Å². The first-order valence-electron chi connectivity index (χ1n) is 13.0. The van der Waals surface area contributed by atoms with Crippen LogP contribution in [0.4, 0.5) is 5.69 Å². The number of rotatable bonds is 9. The number of methoxy groups -OCH3 is 1. The van der Waals surface area contributed by atoms with E-state index < -0.39 is 5.54 Å². The molecular formula is C30H28N4O6. The van der Waals surface area contributed by atoms with E-state index in [1.54, 1.807) is 12.0 Å². The fraction of sp³-hybridized carbons (Fsp3) is 0.267. The summed E-state index contributed by atoms with van der Waals surface area (Å²) in [5.74, 6) is 2.39. The third-order valence-electron chi connectivity index (χ3n) is 6.95. The topological polar surface area (TPSA) is 120 Å². The third-order valence-corrected chi connectivity index (χ3v) is 6.95. The summed E-state index contributed by atoms with van der Waals surface area (Å²) >= 11 is 0. The maximum absolute atomic E-state index is 14.0. The van der Waals surface area contributed by atoms with Gasteiger partial charge in [-0.05, 0) is 60.2 Å². The number of aliphatic hydroxyl groups excluding tert-OH is 1. The molecule has 1 aromatic heterocycles. The number of carbonyl (C=O) groups is 1. The van der Waals surface area contributed by atoms with Crippen LogP contribution in [-0.4, -0.2) is 59.5 Å². The molecule has 3 aromatic carbocycles. The first-order valence-corrected chi connectivity index (χ1v) is 13.0. The molecule has 1 atom stereocenters. The maximum Gasteiger partial charge on any atom is 0.259 e. The molecule has 0 saturated heterocycles. The number of aromatic nitrogens is 2. The fourth-order valence-corrected chi connectivity index (χ4v) is 4.89. The zero-order valence-electron chi connectivity index (χ0n) is 21.9. The van der Waals surface area contributed by atoms with E-state index in [4.69, 9.17) is 28.8 Å². The number of aliphatic imine (C=N–C) groups is 1. The Morgan fingerprint density at radius 2 is 1.75 bits per heavy atom. The van der Waals surface area contributed by atoms with E-state index in [1.807, 2.05) is 72.8 Å². The molecule has 0 fully saturated rings. The summed E-state index contributed by atoms with van der Waals surface area (Å²) in [7, 11) is 1.61. The van der Waals surface area contributed by atoms with Gasteiger partial charge in [-0.25, -0.2) is 4.99 Å². The Labute approximate surface area is 230 Å². The first kappa shape index (κ1) is 25.6. The molecule has 6 rings (SSSR count). The highest BCUT2D eigenvalue weighted by Gasteiger charge is 2.50. The summed E-state index contributed by atoms with van der Waals surface area (Å²) in [5, 5.41) is 13.1. The van der Waals surface area contributed by atoms with Crippen molar-refractivity contribution in [1.82, 2.24) is 10.1 Å². The maximum atomic E-state index is 14.0. The lowest BCUT2D eigenvalue weighted by Gasteiger charge is -2.37. The van der Waals surface area contributed by atoms with Gasteiger partial charge in [0.2, 0.25) is 5.90 Å². The van der Waals surface area contributed by atoms with Gasteiger partial charge in [-0.15, -0.1) is 0 Å². The molecule has 1 N–H and O–H groups in total. The Morgan fingerprint density at radius 1 is 1.00 bits per heavy atom. The summed E-state index contributed by atoms with van der Waals surface area (Å²) in [6.07, 6.45) is 0.987. The number of hydrogen-bond donors (Lipinski definition) is 1. The van der Waals surface area contributed by atoms with Crippen LogP contribution in [0.5, 0.6) is 11.5 Å². The highest BCUT2D eigenvalue weighted by molar-refractivity contribution is 6.07. The van der Waals surface area contributed by atoms with Crippen LogP contribution in [0, 0.1) is 0 Å². The second kappa shape index (κ2) is 10.8. The van der Waals surface area contributed by atoms with Crippen LogP contribution < -0.4 is 14.4 Å². The highest BCUT2D eigenvalue weighted by Crippen LogP contribution is 2.39. The molecule has 0 unspecified atom stereocenters. The number of ether oxygens (including phenoxy) is 3. The van der Waals surface area contributed by atoms with Crippen molar-refractivity contribution in [2.24, 2.45) is 4.99 Å². The van der Waals surface area contributed by atoms with Crippen molar-refractivity contribution >= 4 is 17.5 Å². The second-order valence-corrected chi connectivity index (χ2v) is 9.63. The highest BCUT2D eigenvalue weighted by atomic mass is 16.5. The Hall–Kier alpha value is -4.70. The Balaban J connectivity index is 1.25. The normalized spacial score (nSPS) is 17.9. The lowest BCUT2D eigenvalue weighted by Crippen LogP contribution is -2.53. The molecule has 1 amide bonds. The van der Waals surface area contributed by atoms with Gasteiger partial charge >= 0.3 is 0 Å². The molecule has 1 spiro atoms. The van der Waals surface area contributed by atoms with Crippen LogP contribution in [0.25, 0.3) is 11.5 Å². The van der Waals surface area contributed by atoms with Crippen LogP contribution in [0.15, 0.2) is 82.3 Å². The van der Waals surface area contributed by atoms with E-state index >= 15 is 0 Å². The van der Waals surface area contributed by atoms with Crippen LogP contribution in [-0.2, 0) is 22.5 Å². The summed E-state index contributed by atoms with van der Waals surface area (Å²) in [5.41, 5.74) is 2.20. The molecule has 0 bridgehead atoms. The Kier molecular flexibility index (Phi) is 6.91. The number of nitrogens with zero attached hydrogens (tertiary/aromatic N) is 4. The molecule has 3 heterocycles. The lowest BCUT2D eigenvalue weighted by atomic mass is 9.85. The van der Waals surface area contributed by atoms with Crippen LogP contribution in [0.2, 0.25) is 0 Å². The van der Waals surface area contributed by atoms with Crippen LogP contribution in [0.1, 0.15) is 23.4 Å². The van der Waals surface area contributed by atoms with Gasteiger partial charge in [0.15, 0.2) is 11.4 Å². The number of carbonyl (C=O) groups excluding carboxylic acids is 1.